The fourth-order valence-electron chi connectivity index (χ4n) is 3.68. The number of carbonyl (C=O) groups is 1. The number of esters is 1. The van der Waals surface area contributed by atoms with Gasteiger partial charge in [-0.15, -0.1) is 0 Å². The van der Waals surface area contributed by atoms with Crippen molar-refractivity contribution in [2.45, 2.75) is 38.0 Å². The zero-order valence-corrected chi connectivity index (χ0v) is 15.4. The Labute approximate surface area is 162 Å². The predicted molar refractivity (Wildman–Crippen MR) is 96.3 cm³/mol. The van der Waals surface area contributed by atoms with E-state index in [-0.39, 0.29) is 17.6 Å². The molecule has 1 aliphatic rings. The summed E-state index contributed by atoms with van der Waals surface area (Å²) in [7, 11) is 1.24. The maximum absolute atomic E-state index is 13.3. The number of methoxy groups -OCH3 is 1. The van der Waals surface area contributed by atoms with Crippen molar-refractivity contribution >= 4 is 16.9 Å². The van der Waals surface area contributed by atoms with Gasteiger partial charge in [-0.05, 0) is 30.5 Å². The summed E-state index contributed by atoms with van der Waals surface area (Å²) >= 11 is 0. The lowest BCUT2D eigenvalue weighted by molar-refractivity contribution is -0.145. The van der Waals surface area contributed by atoms with Crippen LogP contribution < -0.4 is 5.69 Å². The van der Waals surface area contributed by atoms with Crippen molar-refractivity contribution in [3.8, 4) is 0 Å². The number of carbonyl (C=O) groups excluding carboxylic acids is 1. The monoisotopic (exact) mass is 406 g/mol. The molecule has 1 aliphatic heterocycles. The highest BCUT2D eigenvalue weighted by molar-refractivity contribution is 5.82. The quantitative estimate of drug-likeness (QED) is 0.625. The molecule has 2 aromatic heterocycles. The first-order valence-electron chi connectivity index (χ1n) is 9.01. The van der Waals surface area contributed by atoms with Crippen LogP contribution in [0.3, 0.4) is 0 Å². The minimum Gasteiger partial charge on any atom is -0.467 e. The lowest BCUT2D eigenvalue weighted by atomic mass is 10.1. The minimum absolute atomic E-state index is 0.168. The molecule has 1 aromatic carbocycles. The zero-order valence-electron chi connectivity index (χ0n) is 15.4. The second kappa shape index (κ2) is 7.02. The molecule has 1 atom stereocenters. The van der Waals surface area contributed by atoms with E-state index in [1.54, 1.807) is 18.2 Å². The van der Waals surface area contributed by atoms with Crippen LogP contribution in [-0.2, 0) is 28.7 Å². The smallest absolute Gasteiger partial charge is 0.433 e. The Morgan fingerprint density at radius 1 is 1.31 bits per heavy atom. The third kappa shape index (κ3) is 3.39. The summed E-state index contributed by atoms with van der Waals surface area (Å²) in [6.07, 6.45) is -3.01. The summed E-state index contributed by atoms with van der Waals surface area (Å²) in [5, 5.41) is 4.77. The van der Waals surface area contributed by atoms with Gasteiger partial charge in [0.2, 0.25) is 0 Å². The van der Waals surface area contributed by atoms with E-state index < -0.39 is 29.6 Å². The van der Waals surface area contributed by atoms with Gasteiger partial charge in [0.25, 0.3) is 0 Å². The van der Waals surface area contributed by atoms with Crippen molar-refractivity contribution in [2.75, 3.05) is 7.11 Å². The van der Waals surface area contributed by atoms with Crippen molar-refractivity contribution in [1.82, 2.24) is 19.3 Å². The highest BCUT2D eigenvalue weighted by atomic mass is 19.4. The van der Waals surface area contributed by atoms with Crippen molar-refractivity contribution in [1.29, 1.82) is 0 Å². The Morgan fingerprint density at radius 3 is 2.79 bits per heavy atom. The Bertz CT molecular complexity index is 1150. The molecule has 0 N–H and O–H groups in total. The molecular formula is C19H17F3N4O3. The van der Waals surface area contributed by atoms with Crippen molar-refractivity contribution in [2.24, 2.45) is 0 Å². The average Bonchev–Trinajstić information content (AvgIpc) is 3.02. The van der Waals surface area contributed by atoms with Crippen LogP contribution >= 0.6 is 0 Å². The van der Waals surface area contributed by atoms with Crippen molar-refractivity contribution < 1.29 is 22.7 Å². The topological polar surface area (TPSA) is 79.0 Å². The maximum atomic E-state index is 13.3. The highest BCUT2D eigenvalue weighted by Gasteiger charge is 2.34. The summed E-state index contributed by atoms with van der Waals surface area (Å²) in [4.78, 5) is 28.6. The first-order chi connectivity index (χ1) is 13.8. The first-order valence-corrected chi connectivity index (χ1v) is 9.01. The second-order valence-corrected chi connectivity index (χ2v) is 6.84. The maximum Gasteiger partial charge on any atom is 0.433 e. The number of para-hydroxylation sites is 1. The third-order valence-corrected chi connectivity index (χ3v) is 5.02. The van der Waals surface area contributed by atoms with Crippen LogP contribution in [-0.4, -0.2) is 32.4 Å². The van der Waals surface area contributed by atoms with Crippen LogP contribution in [0.1, 0.15) is 36.0 Å². The Balaban J connectivity index is 1.82. The number of nitrogens with zero attached hydrogens (tertiary/aromatic N) is 4. The number of fused-ring (bicyclic) bond motifs is 2. The van der Waals surface area contributed by atoms with Gasteiger partial charge in [-0.25, -0.2) is 19.3 Å². The molecule has 0 radical (unpaired) electrons. The standard InChI is InChI=1S/C19H17F3N4O3/c1-29-17(27)14-7-4-8-16-24-25(18(28)26(14)16)10-11-9-15(19(20,21)22)23-13-6-3-2-5-12(11)13/h2-3,5-6,9,14H,4,7-8,10H2,1H3. The summed E-state index contributed by atoms with van der Waals surface area (Å²) in [5.74, 6) is -0.118. The largest absolute Gasteiger partial charge is 0.467 e. The molecule has 3 heterocycles. The number of aromatic nitrogens is 4. The van der Waals surface area contributed by atoms with Crippen LogP contribution in [0, 0.1) is 0 Å². The molecule has 3 aromatic rings. The minimum atomic E-state index is -4.62. The number of hydrogen-bond donors (Lipinski definition) is 0. The number of hydrogen-bond acceptors (Lipinski definition) is 5. The lowest BCUT2D eigenvalue weighted by Crippen LogP contribution is -2.35. The normalized spacial score (nSPS) is 16.6. The van der Waals surface area contributed by atoms with Crippen molar-refractivity contribution in [3.63, 3.8) is 0 Å². The Kier molecular flexibility index (Phi) is 4.64. The third-order valence-electron chi connectivity index (χ3n) is 5.02. The van der Waals surface area contributed by atoms with Gasteiger partial charge in [-0.2, -0.15) is 18.3 Å². The SMILES string of the molecule is COC(=O)C1CCCc2nn(Cc3cc(C(F)(F)F)nc4ccccc34)c(=O)n21. The van der Waals surface area contributed by atoms with Gasteiger partial charge in [0, 0.05) is 11.8 Å². The van der Waals surface area contributed by atoms with E-state index in [2.05, 4.69) is 10.1 Å². The molecule has 0 saturated carbocycles. The van der Waals surface area contributed by atoms with Crippen molar-refractivity contribution in [3.05, 3.63) is 57.9 Å². The first kappa shape index (κ1) is 19.2. The van der Waals surface area contributed by atoms with E-state index in [0.29, 0.717) is 30.5 Å². The molecule has 0 fully saturated rings. The molecule has 0 amide bonds. The van der Waals surface area contributed by atoms with Gasteiger partial charge in [0.1, 0.15) is 17.6 Å². The summed E-state index contributed by atoms with van der Waals surface area (Å²) in [6.45, 7) is -0.168. The van der Waals surface area contributed by atoms with Gasteiger partial charge >= 0.3 is 17.8 Å². The molecular weight excluding hydrogens is 389 g/mol. The molecule has 7 nitrogen and oxygen atoms in total. The molecule has 0 aliphatic carbocycles. The number of benzene rings is 1. The summed E-state index contributed by atoms with van der Waals surface area (Å²) in [5.41, 5.74) is -1.13. The second-order valence-electron chi connectivity index (χ2n) is 6.84. The number of rotatable bonds is 3. The van der Waals surface area contributed by atoms with Gasteiger partial charge in [-0.3, -0.25) is 4.57 Å². The van der Waals surface area contributed by atoms with Crippen LogP contribution in [0.15, 0.2) is 35.1 Å². The average molecular weight is 406 g/mol. The van der Waals surface area contributed by atoms with Gasteiger partial charge < -0.3 is 4.74 Å². The van der Waals surface area contributed by atoms with E-state index in [4.69, 9.17) is 4.74 Å². The molecule has 10 heteroatoms. The molecule has 0 bridgehead atoms. The van der Waals surface area contributed by atoms with Gasteiger partial charge in [0.05, 0.1) is 19.2 Å². The van der Waals surface area contributed by atoms with Crippen LogP contribution in [0.25, 0.3) is 10.9 Å². The van der Waals surface area contributed by atoms with E-state index in [9.17, 15) is 22.8 Å². The number of aryl methyl sites for hydroxylation is 1. The number of alkyl halides is 3. The van der Waals surface area contributed by atoms with E-state index in [1.165, 1.54) is 17.7 Å². The summed E-state index contributed by atoms with van der Waals surface area (Å²) < 4.78 is 47.0. The number of pyridine rings is 1. The molecule has 152 valence electrons. The summed E-state index contributed by atoms with van der Waals surface area (Å²) in [6, 6.07) is 6.59. The molecule has 0 spiro atoms. The van der Waals surface area contributed by atoms with Gasteiger partial charge in [0.15, 0.2) is 0 Å². The fourth-order valence-corrected chi connectivity index (χ4v) is 3.68. The molecule has 29 heavy (non-hydrogen) atoms. The predicted octanol–water partition coefficient (Wildman–Crippen LogP) is 2.71. The van der Waals surface area contributed by atoms with Crippen LogP contribution in [0.2, 0.25) is 0 Å². The molecule has 0 saturated heterocycles. The highest BCUT2D eigenvalue weighted by Crippen LogP contribution is 2.31. The number of ether oxygens (including phenoxy) is 1. The van der Waals surface area contributed by atoms with E-state index in [0.717, 1.165) is 10.7 Å². The van der Waals surface area contributed by atoms with Crippen LogP contribution in [0.5, 0.6) is 0 Å². The molecule has 4 rings (SSSR count). The van der Waals surface area contributed by atoms with Gasteiger partial charge in [-0.1, -0.05) is 18.2 Å². The zero-order chi connectivity index (χ0) is 20.8. The number of halogens is 3. The molecule has 1 unspecified atom stereocenters. The fraction of sp³-hybridized carbons (Fsp3) is 0.368. The van der Waals surface area contributed by atoms with E-state index >= 15 is 0 Å². The van der Waals surface area contributed by atoms with Crippen LogP contribution in [0.4, 0.5) is 13.2 Å². The Morgan fingerprint density at radius 2 is 2.07 bits per heavy atom. The lowest BCUT2D eigenvalue weighted by Gasteiger charge is -2.20. The van der Waals surface area contributed by atoms with E-state index in [1.807, 2.05) is 0 Å². The Hall–Kier alpha value is -3.17.